The van der Waals surface area contributed by atoms with Gasteiger partial charge in [0.1, 0.15) is 29.2 Å². The number of amides is 3. The van der Waals surface area contributed by atoms with Gasteiger partial charge in [0.2, 0.25) is 5.91 Å². The van der Waals surface area contributed by atoms with Gasteiger partial charge in [0.15, 0.2) is 0 Å². The molecule has 0 fully saturated rings. The van der Waals surface area contributed by atoms with Crippen LogP contribution in [0.15, 0.2) is 66.7 Å². The molecule has 1 aromatic heterocycles. The number of rotatable bonds is 8. The Bertz CT molecular complexity index is 1140. The number of halogens is 1. The summed E-state index contributed by atoms with van der Waals surface area (Å²) in [5, 5.41) is 4.82. The SMILES string of the molecule is COC(=O)CC(NC(=O)Nc1cccc(-c2ccc(Oc3ccc(F)cc3)cc2)n1)C(N)=O. The molecule has 0 spiro atoms. The van der Waals surface area contributed by atoms with E-state index in [9.17, 15) is 18.8 Å². The average molecular weight is 452 g/mol. The number of nitrogens with zero attached hydrogens (tertiary/aromatic N) is 1. The van der Waals surface area contributed by atoms with Crippen LogP contribution in [0.25, 0.3) is 11.3 Å². The van der Waals surface area contributed by atoms with Crippen LogP contribution in [0, 0.1) is 5.82 Å². The lowest BCUT2D eigenvalue weighted by molar-refractivity contribution is -0.142. The van der Waals surface area contributed by atoms with Gasteiger partial charge in [-0.2, -0.15) is 0 Å². The van der Waals surface area contributed by atoms with E-state index in [2.05, 4.69) is 20.4 Å². The van der Waals surface area contributed by atoms with Gasteiger partial charge < -0.3 is 20.5 Å². The highest BCUT2D eigenvalue weighted by Crippen LogP contribution is 2.25. The Balaban J connectivity index is 1.65. The maximum atomic E-state index is 13.0. The van der Waals surface area contributed by atoms with E-state index in [0.29, 0.717) is 17.2 Å². The normalized spacial score (nSPS) is 11.2. The number of nitrogens with one attached hydrogen (secondary N) is 2. The number of carbonyl (C=O) groups is 3. The first-order valence-electron chi connectivity index (χ1n) is 9.78. The molecule has 3 rings (SSSR count). The summed E-state index contributed by atoms with van der Waals surface area (Å²) < 4.78 is 23.2. The molecular formula is C23H21FN4O5. The summed E-state index contributed by atoms with van der Waals surface area (Å²) in [5.74, 6) is -0.633. The first-order chi connectivity index (χ1) is 15.8. The van der Waals surface area contributed by atoms with Crippen LogP contribution in [0.4, 0.5) is 15.0 Å². The molecule has 170 valence electrons. The molecule has 0 aliphatic carbocycles. The minimum absolute atomic E-state index is 0.220. The number of carbonyl (C=O) groups excluding carboxylic acids is 3. The van der Waals surface area contributed by atoms with Crippen molar-refractivity contribution in [1.82, 2.24) is 10.3 Å². The second-order valence-corrected chi connectivity index (χ2v) is 6.82. The van der Waals surface area contributed by atoms with Crippen molar-refractivity contribution >= 4 is 23.7 Å². The quantitative estimate of drug-likeness (QED) is 0.450. The van der Waals surface area contributed by atoms with Crippen molar-refractivity contribution in [1.29, 1.82) is 0 Å². The molecule has 0 bridgehead atoms. The van der Waals surface area contributed by atoms with E-state index in [1.165, 1.54) is 24.3 Å². The highest BCUT2D eigenvalue weighted by atomic mass is 19.1. The van der Waals surface area contributed by atoms with E-state index in [1.54, 1.807) is 42.5 Å². The molecular weight excluding hydrogens is 431 g/mol. The summed E-state index contributed by atoms with van der Waals surface area (Å²) in [6, 6.07) is 15.7. The minimum atomic E-state index is -1.23. The number of hydrogen-bond acceptors (Lipinski definition) is 6. The van der Waals surface area contributed by atoms with E-state index in [0.717, 1.165) is 12.7 Å². The van der Waals surface area contributed by atoms with E-state index >= 15 is 0 Å². The molecule has 3 aromatic rings. The number of nitrogens with two attached hydrogens (primary N) is 1. The number of methoxy groups -OCH3 is 1. The highest BCUT2D eigenvalue weighted by molar-refractivity contribution is 5.94. The zero-order valence-corrected chi connectivity index (χ0v) is 17.6. The molecule has 1 unspecified atom stereocenters. The molecule has 0 saturated carbocycles. The van der Waals surface area contributed by atoms with Gasteiger partial charge >= 0.3 is 12.0 Å². The van der Waals surface area contributed by atoms with E-state index < -0.39 is 23.9 Å². The van der Waals surface area contributed by atoms with E-state index in [4.69, 9.17) is 10.5 Å². The van der Waals surface area contributed by atoms with Gasteiger partial charge in [0.05, 0.1) is 19.2 Å². The summed E-state index contributed by atoms with van der Waals surface area (Å²) in [6.45, 7) is 0. The standard InChI is InChI=1S/C23H21FN4O5/c1-32-21(29)13-19(22(25)30)27-23(31)28-20-4-2-3-18(26-20)14-5-9-16(10-6-14)33-17-11-7-15(24)8-12-17/h2-12,19H,13H2,1H3,(H2,25,30)(H2,26,27,28,31). The lowest BCUT2D eigenvalue weighted by Gasteiger charge is -2.15. The number of primary amides is 1. The number of ether oxygens (including phenoxy) is 2. The van der Waals surface area contributed by atoms with Crippen LogP contribution in [0.1, 0.15) is 6.42 Å². The van der Waals surface area contributed by atoms with Crippen LogP contribution < -0.4 is 21.1 Å². The number of anilines is 1. The van der Waals surface area contributed by atoms with Crippen molar-refractivity contribution in [2.75, 3.05) is 12.4 Å². The number of aromatic nitrogens is 1. The summed E-state index contributed by atoms with van der Waals surface area (Å²) in [6.07, 6.45) is -0.390. The van der Waals surface area contributed by atoms with Crippen molar-refractivity contribution < 1.29 is 28.2 Å². The largest absolute Gasteiger partial charge is 0.469 e. The third kappa shape index (κ3) is 6.76. The Morgan fingerprint density at radius 3 is 2.24 bits per heavy atom. The van der Waals surface area contributed by atoms with E-state index in [1.807, 2.05) is 0 Å². The molecule has 3 amide bonds. The maximum Gasteiger partial charge on any atom is 0.321 e. The molecule has 1 heterocycles. The molecule has 0 saturated heterocycles. The molecule has 1 atom stereocenters. The number of hydrogen-bond donors (Lipinski definition) is 3. The van der Waals surface area contributed by atoms with Crippen LogP contribution in [0.3, 0.4) is 0 Å². The van der Waals surface area contributed by atoms with Gasteiger partial charge in [-0.3, -0.25) is 14.9 Å². The molecule has 9 nitrogen and oxygen atoms in total. The van der Waals surface area contributed by atoms with Crippen molar-refractivity contribution in [3.8, 4) is 22.8 Å². The third-order valence-electron chi connectivity index (χ3n) is 4.44. The summed E-state index contributed by atoms with van der Waals surface area (Å²) in [4.78, 5) is 39.4. The fourth-order valence-electron chi connectivity index (χ4n) is 2.78. The average Bonchev–Trinajstić information content (AvgIpc) is 2.80. The second kappa shape index (κ2) is 10.7. The molecule has 0 radical (unpaired) electrons. The zero-order chi connectivity index (χ0) is 23.8. The summed E-state index contributed by atoms with van der Waals surface area (Å²) in [5.41, 5.74) is 6.54. The minimum Gasteiger partial charge on any atom is -0.469 e. The van der Waals surface area contributed by atoms with Crippen molar-refractivity contribution in [3.05, 3.63) is 72.5 Å². The van der Waals surface area contributed by atoms with Crippen LogP contribution in [-0.2, 0) is 14.3 Å². The Labute approximate surface area is 188 Å². The van der Waals surface area contributed by atoms with Gasteiger partial charge in [0, 0.05) is 5.56 Å². The Morgan fingerprint density at radius 1 is 1.00 bits per heavy atom. The van der Waals surface area contributed by atoms with Crippen molar-refractivity contribution in [2.24, 2.45) is 5.73 Å². The number of esters is 1. The molecule has 4 N–H and O–H groups in total. The first kappa shape index (κ1) is 23.2. The summed E-state index contributed by atoms with van der Waals surface area (Å²) in [7, 11) is 1.16. The fraction of sp³-hybridized carbons (Fsp3) is 0.130. The Kier molecular flexibility index (Phi) is 7.53. The van der Waals surface area contributed by atoms with Crippen molar-refractivity contribution in [2.45, 2.75) is 12.5 Å². The molecule has 33 heavy (non-hydrogen) atoms. The van der Waals surface area contributed by atoms with Gasteiger partial charge in [-0.25, -0.2) is 14.2 Å². The summed E-state index contributed by atoms with van der Waals surface area (Å²) >= 11 is 0. The smallest absolute Gasteiger partial charge is 0.321 e. The van der Waals surface area contributed by atoms with Crippen LogP contribution in [0.5, 0.6) is 11.5 Å². The fourth-order valence-corrected chi connectivity index (χ4v) is 2.78. The molecule has 0 aliphatic heterocycles. The second-order valence-electron chi connectivity index (χ2n) is 6.82. The molecule has 2 aromatic carbocycles. The Morgan fingerprint density at radius 2 is 1.64 bits per heavy atom. The predicted octanol–water partition coefficient (Wildman–Crippen LogP) is 3.22. The topological polar surface area (TPSA) is 133 Å². The lowest BCUT2D eigenvalue weighted by atomic mass is 10.1. The first-order valence-corrected chi connectivity index (χ1v) is 9.78. The van der Waals surface area contributed by atoms with Gasteiger partial charge in [-0.05, 0) is 60.7 Å². The van der Waals surface area contributed by atoms with Crippen LogP contribution >= 0.6 is 0 Å². The van der Waals surface area contributed by atoms with Crippen LogP contribution in [0.2, 0.25) is 0 Å². The monoisotopic (exact) mass is 452 g/mol. The van der Waals surface area contributed by atoms with Crippen molar-refractivity contribution in [3.63, 3.8) is 0 Å². The lowest BCUT2D eigenvalue weighted by Crippen LogP contribution is -2.47. The highest BCUT2D eigenvalue weighted by Gasteiger charge is 2.22. The third-order valence-corrected chi connectivity index (χ3v) is 4.44. The van der Waals surface area contributed by atoms with Crippen LogP contribution in [-0.4, -0.2) is 36.0 Å². The number of benzene rings is 2. The zero-order valence-electron chi connectivity index (χ0n) is 17.6. The number of pyridine rings is 1. The Hall–Kier alpha value is -4.47. The molecule has 0 aliphatic rings. The van der Waals surface area contributed by atoms with Gasteiger partial charge in [-0.15, -0.1) is 0 Å². The number of urea groups is 1. The molecule has 10 heteroatoms. The van der Waals surface area contributed by atoms with E-state index in [-0.39, 0.29) is 18.1 Å². The van der Waals surface area contributed by atoms with Gasteiger partial charge in [-0.1, -0.05) is 6.07 Å². The van der Waals surface area contributed by atoms with Gasteiger partial charge in [0.25, 0.3) is 0 Å². The maximum absolute atomic E-state index is 13.0. The predicted molar refractivity (Wildman–Crippen MR) is 118 cm³/mol.